The Morgan fingerprint density at radius 1 is 1.25 bits per heavy atom. The minimum atomic E-state index is -0.594. The van der Waals surface area contributed by atoms with Crippen LogP contribution in [0.25, 0.3) is 0 Å². The molecule has 1 aromatic rings. The van der Waals surface area contributed by atoms with Gasteiger partial charge in [-0.15, -0.1) is 0 Å². The van der Waals surface area contributed by atoms with Crippen LogP contribution in [0.15, 0.2) is 24.3 Å². The summed E-state index contributed by atoms with van der Waals surface area (Å²) in [6.45, 7) is 3.71. The van der Waals surface area contributed by atoms with Gasteiger partial charge < -0.3 is 5.11 Å². The summed E-state index contributed by atoms with van der Waals surface area (Å²) in [5.41, 5.74) is 1.09. The molecule has 0 spiro atoms. The average Bonchev–Trinajstić information content (AvgIpc) is 2.60. The topological polar surface area (TPSA) is 57.6 Å². The van der Waals surface area contributed by atoms with Crippen LogP contribution >= 0.6 is 0 Å². The van der Waals surface area contributed by atoms with E-state index in [1.54, 1.807) is 13.8 Å². The number of benzene rings is 1. The first-order chi connectivity index (χ1) is 9.44. The van der Waals surface area contributed by atoms with E-state index >= 15 is 0 Å². The Morgan fingerprint density at radius 2 is 1.90 bits per heavy atom. The van der Waals surface area contributed by atoms with Gasteiger partial charge in [-0.05, 0) is 17.7 Å². The van der Waals surface area contributed by atoms with Crippen LogP contribution in [0, 0.1) is 17.3 Å². The quantitative estimate of drug-likeness (QED) is 0.652. The molecule has 4 nitrogen and oxygen atoms in total. The molecule has 1 aliphatic rings. The van der Waals surface area contributed by atoms with Crippen molar-refractivity contribution in [2.45, 2.75) is 26.8 Å². The molecule has 20 heavy (non-hydrogen) atoms. The van der Waals surface area contributed by atoms with Gasteiger partial charge >= 0.3 is 0 Å². The Balaban J connectivity index is 2.11. The maximum Gasteiger partial charge on any atom is 0.235 e. The van der Waals surface area contributed by atoms with Crippen LogP contribution in [0.5, 0.6) is 0 Å². The lowest BCUT2D eigenvalue weighted by atomic mass is 9.92. The summed E-state index contributed by atoms with van der Waals surface area (Å²) in [4.78, 5) is 25.3. The van der Waals surface area contributed by atoms with Crippen LogP contribution < -0.4 is 0 Å². The molecule has 1 aliphatic heterocycles. The van der Waals surface area contributed by atoms with E-state index in [2.05, 4.69) is 11.8 Å². The fraction of sp³-hybridized carbons (Fsp3) is 0.375. The van der Waals surface area contributed by atoms with Crippen LogP contribution in [0.2, 0.25) is 0 Å². The van der Waals surface area contributed by atoms with E-state index in [9.17, 15) is 9.59 Å². The molecule has 0 radical (unpaired) electrons. The summed E-state index contributed by atoms with van der Waals surface area (Å²) < 4.78 is 0. The zero-order chi connectivity index (χ0) is 14.8. The number of aliphatic hydroxyl groups excluding tert-OH is 1. The van der Waals surface area contributed by atoms with Crippen molar-refractivity contribution in [1.29, 1.82) is 0 Å². The van der Waals surface area contributed by atoms with Crippen molar-refractivity contribution in [1.82, 2.24) is 4.90 Å². The molecule has 0 bridgehead atoms. The third-order valence-corrected chi connectivity index (χ3v) is 3.32. The fourth-order valence-electron chi connectivity index (χ4n) is 2.21. The number of amides is 2. The molecule has 104 valence electrons. The smallest absolute Gasteiger partial charge is 0.235 e. The van der Waals surface area contributed by atoms with Gasteiger partial charge in [-0.1, -0.05) is 37.8 Å². The van der Waals surface area contributed by atoms with E-state index in [0.29, 0.717) is 6.54 Å². The Bertz CT molecular complexity index is 590. The number of rotatable bonds is 2. The molecule has 1 fully saturated rings. The largest absolute Gasteiger partial charge is 0.384 e. The third-order valence-electron chi connectivity index (χ3n) is 3.32. The number of carbonyl (C=O) groups excluding carboxylic acids is 2. The van der Waals surface area contributed by atoms with Crippen molar-refractivity contribution in [3.05, 3.63) is 35.4 Å². The minimum Gasteiger partial charge on any atom is -0.384 e. The Labute approximate surface area is 118 Å². The van der Waals surface area contributed by atoms with E-state index < -0.39 is 5.41 Å². The Morgan fingerprint density at radius 3 is 2.40 bits per heavy atom. The molecule has 1 N–H and O–H groups in total. The van der Waals surface area contributed by atoms with Crippen LogP contribution in [-0.2, 0) is 16.1 Å². The van der Waals surface area contributed by atoms with Crippen LogP contribution in [0.4, 0.5) is 0 Å². The second kappa shape index (κ2) is 5.48. The first kappa shape index (κ1) is 14.3. The lowest BCUT2D eigenvalue weighted by molar-refractivity contribution is -0.141. The van der Waals surface area contributed by atoms with Crippen LogP contribution in [0.1, 0.15) is 31.4 Å². The molecule has 0 aromatic heterocycles. The van der Waals surface area contributed by atoms with Gasteiger partial charge in [-0.3, -0.25) is 14.5 Å². The highest BCUT2D eigenvalue weighted by Crippen LogP contribution is 2.32. The van der Waals surface area contributed by atoms with Gasteiger partial charge in [-0.2, -0.15) is 0 Å². The Hall–Kier alpha value is -2.12. The normalized spacial score (nSPS) is 17.1. The van der Waals surface area contributed by atoms with Crippen molar-refractivity contribution >= 4 is 11.8 Å². The zero-order valence-corrected chi connectivity index (χ0v) is 11.6. The SMILES string of the molecule is CC1(C)CC(=O)N(Cc2ccc(C#CCO)cc2)C1=O. The number of aliphatic hydroxyl groups is 1. The predicted octanol–water partition coefficient (Wildman–Crippen LogP) is 1.32. The number of hydrogen-bond donors (Lipinski definition) is 1. The maximum atomic E-state index is 12.1. The maximum absolute atomic E-state index is 12.1. The second-order valence-corrected chi connectivity index (χ2v) is 5.50. The highest BCUT2D eigenvalue weighted by Gasteiger charge is 2.44. The second-order valence-electron chi connectivity index (χ2n) is 5.50. The molecule has 1 aromatic carbocycles. The van der Waals surface area contributed by atoms with Crippen LogP contribution in [-0.4, -0.2) is 28.4 Å². The number of hydrogen-bond acceptors (Lipinski definition) is 3. The van der Waals surface area contributed by atoms with Gasteiger partial charge in [0.15, 0.2) is 0 Å². The molecular formula is C16H17NO3. The lowest BCUT2D eigenvalue weighted by Crippen LogP contribution is -2.32. The predicted molar refractivity (Wildman–Crippen MR) is 74.4 cm³/mol. The molecule has 0 atom stereocenters. The molecule has 0 aliphatic carbocycles. The van der Waals surface area contributed by atoms with Crippen molar-refractivity contribution < 1.29 is 14.7 Å². The van der Waals surface area contributed by atoms with Gasteiger partial charge in [0.1, 0.15) is 6.61 Å². The van der Waals surface area contributed by atoms with E-state index in [-0.39, 0.29) is 24.8 Å². The van der Waals surface area contributed by atoms with Crippen molar-refractivity contribution in [3.8, 4) is 11.8 Å². The summed E-state index contributed by atoms with van der Waals surface area (Å²) in [5, 5.41) is 8.62. The first-order valence-electron chi connectivity index (χ1n) is 6.47. The summed E-state index contributed by atoms with van der Waals surface area (Å²) in [6.07, 6.45) is 0.270. The van der Waals surface area contributed by atoms with Crippen molar-refractivity contribution in [2.24, 2.45) is 5.41 Å². The van der Waals surface area contributed by atoms with E-state index in [1.807, 2.05) is 24.3 Å². The van der Waals surface area contributed by atoms with Gasteiger partial charge in [0.25, 0.3) is 0 Å². The number of likely N-dealkylation sites (tertiary alicyclic amines) is 1. The minimum absolute atomic E-state index is 0.119. The Kier molecular flexibility index (Phi) is 3.91. The molecule has 0 unspecified atom stereocenters. The molecular weight excluding hydrogens is 254 g/mol. The highest BCUT2D eigenvalue weighted by molar-refractivity contribution is 6.05. The molecule has 1 heterocycles. The van der Waals surface area contributed by atoms with Crippen molar-refractivity contribution in [3.63, 3.8) is 0 Å². The van der Waals surface area contributed by atoms with Crippen molar-refractivity contribution in [2.75, 3.05) is 6.61 Å². The molecule has 1 saturated heterocycles. The standard InChI is InChI=1S/C16H17NO3/c1-16(2)10-14(19)17(15(16)20)11-13-7-5-12(6-8-13)4-3-9-18/h5-8,18H,9-11H2,1-2H3. The first-order valence-corrected chi connectivity index (χ1v) is 6.47. The molecule has 4 heteroatoms. The highest BCUT2D eigenvalue weighted by atomic mass is 16.2. The van der Waals surface area contributed by atoms with Gasteiger partial charge in [0.2, 0.25) is 11.8 Å². The average molecular weight is 271 g/mol. The summed E-state index contributed by atoms with van der Waals surface area (Å²) >= 11 is 0. The third kappa shape index (κ3) is 2.89. The number of imide groups is 1. The number of carbonyl (C=O) groups is 2. The van der Waals surface area contributed by atoms with E-state index in [4.69, 9.17) is 5.11 Å². The monoisotopic (exact) mass is 271 g/mol. The van der Waals surface area contributed by atoms with E-state index in [1.165, 1.54) is 4.90 Å². The van der Waals surface area contributed by atoms with Gasteiger partial charge in [0, 0.05) is 12.0 Å². The van der Waals surface area contributed by atoms with Gasteiger partial charge in [-0.25, -0.2) is 0 Å². The lowest BCUT2D eigenvalue weighted by Gasteiger charge is -2.17. The summed E-state index contributed by atoms with van der Waals surface area (Å²) in [7, 11) is 0. The fourth-order valence-corrected chi connectivity index (χ4v) is 2.21. The molecule has 2 amide bonds. The number of nitrogens with zero attached hydrogens (tertiary/aromatic N) is 1. The summed E-state index contributed by atoms with van der Waals surface area (Å²) in [5.74, 6) is 5.13. The van der Waals surface area contributed by atoms with Crippen LogP contribution in [0.3, 0.4) is 0 Å². The molecule has 2 rings (SSSR count). The van der Waals surface area contributed by atoms with Gasteiger partial charge in [0.05, 0.1) is 12.0 Å². The summed E-state index contributed by atoms with van der Waals surface area (Å²) in [6, 6.07) is 7.31. The molecule has 0 saturated carbocycles. The zero-order valence-electron chi connectivity index (χ0n) is 11.6. The van der Waals surface area contributed by atoms with E-state index in [0.717, 1.165) is 11.1 Å².